The maximum atomic E-state index is 13.7. The minimum absolute atomic E-state index is 0.00664. The van der Waals surface area contributed by atoms with Crippen LogP contribution in [0.1, 0.15) is 18.1 Å². The summed E-state index contributed by atoms with van der Waals surface area (Å²) in [6.45, 7) is 1.25. The quantitative estimate of drug-likeness (QED) is 0.203. The topological polar surface area (TPSA) is 202 Å². The van der Waals surface area contributed by atoms with Crippen molar-refractivity contribution in [3.8, 4) is 5.75 Å². The van der Waals surface area contributed by atoms with Gasteiger partial charge in [-0.15, -0.1) is 0 Å². The van der Waals surface area contributed by atoms with Gasteiger partial charge in [-0.3, -0.25) is 19.3 Å². The van der Waals surface area contributed by atoms with Gasteiger partial charge in [0.2, 0.25) is 11.6 Å². The lowest BCUT2D eigenvalue weighted by Crippen LogP contribution is -2.72. The first-order chi connectivity index (χ1) is 15.2. The van der Waals surface area contributed by atoms with Gasteiger partial charge in [0.05, 0.1) is 40.7 Å². The number of nitrogens with two attached hydrogens (primary N) is 1. The first-order valence-corrected chi connectivity index (χ1v) is 10.1. The molecule has 0 aliphatic heterocycles. The number of phenols is 1. The lowest BCUT2D eigenvalue weighted by atomic mass is 9.53. The van der Waals surface area contributed by atoms with Crippen molar-refractivity contribution >= 4 is 23.2 Å². The molecule has 1 aromatic rings. The summed E-state index contributed by atoms with van der Waals surface area (Å²) in [5.74, 6) is -9.72. The number of Topliss-reactive ketones (excluding diaryl/α,β-unsaturated/α-hetero) is 2. The van der Waals surface area contributed by atoms with Crippen LogP contribution in [-0.4, -0.2) is 84.9 Å². The number of hydrogen-bond acceptors (Lipinski definition) is 10. The molecule has 0 bridgehead atoms. The second-order valence-corrected chi connectivity index (χ2v) is 9.06. The number of benzene rings is 1. The van der Waals surface area contributed by atoms with Gasteiger partial charge in [0.15, 0.2) is 5.60 Å². The van der Waals surface area contributed by atoms with E-state index in [1.54, 1.807) is 0 Å². The molecular formula is C22H24N2O9. The molecule has 3 aliphatic rings. The first-order valence-electron chi connectivity index (χ1n) is 10.1. The molecule has 1 amide bonds. The van der Waals surface area contributed by atoms with E-state index in [4.69, 9.17) is 5.73 Å². The normalized spacial score (nSPS) is 36.0. The average molecular weight is 460 g/mol. The summed E-state index contributed by atoms with van der Waals surface area (Å²) in [6, 6.07) is 2.57. The van der Waals surface area contributed by atoms with Crippen molar-refractivity contribution in [3.63, 3.8) is 0 Å². The minimum atomic E-state index is -3.09. The van der Waals surface area contributed by atoms with Crippen LogP contribution in [0.15, 0.2) is 35.1 Å². The molecule has 0 spiro atoms. The fourth-order valence-electron chi connectivity index (χ4n) is 5.60. The summed E-state index contributed by atoms with van der Waals surface area (Å²) >= 11 is 0. The van der Waals surface area contributed by atoms with Gasteiger partial charge in [-0.2, -0.15) is 0 Å². The molecular weight excluding hydrogens is 436 g/mol. The fraction of sp³-hybridized carbons (Fsp3) is 0.409. The third-order valence-corrected chi connectivity index (χ3v) is 7.03. The number of carbonyl (C=O) groups is 3. The maximum Gasteiger partial charge on any atom is 0.255 e. The lowest BCUT2D eigenvalue weighted by Gasteiger charge is -2.55. The molecule has 0 unspecified atom stereocenters. The zero-order valence-corrected chi connectivity index (χ0v) is 18.0. The summed E-state index contributed by atoms with van der Waals surface area (Å²) < 4.78 is 0. The number of ketones is 2. The summed E-state index contributed by atoms with van der Waals surface area (Å²) in [5.41, 5.74) is -1.87. The van der Waals surface area contributed by atoms with Crippen molar-refractivity contribution in [1.29, 1.82) is 0 Å². The number of primary amides is 1. The highest BCUT2D eigenvalue weighted by Gasteiger charge is 2.70. The maximum absolute atomic E-state index is 13.7. The SMILES string of the molecule is CN(C)[C@@H]1C(O)=C(C(N)=O)C(=O)[C@@]2(O)C(=O)C3=C(O)c4c(O)cccc4[C@@](C)(O)[C@H]3[C@H](O)[C@@H]12. The Labute approximate surface area is 187 Å². The molecule has 11 heteroatoms. The first kappa shape index (κ1) is 22.9. The number of aliphatic hydroxyl groups is 5. The van der Waals surface area contributed by atoms with Crippen molar-refractivity contribution < 1.29 is 45.0 Å². The van der Waals surface area contributed by atoms with Crippen molar-refractivity contribution in [3.05, 3.63) is 46.2 Å². The van der Waals surface area contributed by atoms with Gasteiger partial charge in [0, 0.05) is 0 Å². The fourth-order valence-corrected chi connectivity index (χ4v) is 5.60. The van der Waals surface area contributed by atoms with E-state index in [1.807, 2.05) is 0 Å². The van der Waals surface area contributed by atoms with E-state index < -0.39 is 81.1 Å². The van der Waals surface area contributed by atoms with Gasteiger partial charge < -0.3 is 36.4 Å². The number of likely N-dealkylation sites (N-methyl/N-ethyl adjacent to an activating group) is 1. The number of amides is 1. The number of aromatic hydroxyl groups is 1. The van der Waals surface area contributed by atoms with E-state index in [-0.39, 0.29) is 11.1 Å². The number of rotatable bonds is 2. The molecule has 3 aliphatic carbocycles. The molecule has 0 saturated heterocycles. The van der Waals surface area contributed by atoms with E-state index in [2.05, 4.69) is 0 Å². The van der Waals surface area contributed by atoms with E-state index in [0.29, 0.717) is 0 Å². The van der Waals surface area contributed by atoms with Crippen molar-refractivity contribution in [2.45, 2.75) is 30.3 Å². The Bertz CT molecular complexity index is 1180. The van der Waals surface area contributed by atoms with Gasteiger partial charge in [0.1, 0.15) is 22.8 Å². The number of hydrogen-bond donors (Lipinski definition) is 7. The minimum Gasteiger partial charge on any atom is -0.510 e. The van der Waals surface area contributed by atoms with Crippen LogP contribution in [0.3, 0.4) is 0 Å². The number of fused-ring (bicyclic) bond motifs is 3. The van der Waals surface area contributed by atoms with Crippen molar-refractivity contribution in [1.82, 2.24) is 4.90 Å². The highest BCUT2D eigenvalue weighted by molar-refractivity contribution is 6.33. The van der Waals surface area contributed by atoms with E-state index in [0.717, 1.165) is 0 Å². The van der Waals surface area contributed by atoms with Crippen LogP contribution < -0.4 is 5.73 Å². The third-order valence-electron chi connectivity index (χ3n) is 7.03. The number of aliphatic hydroxyl groups excluding tert-OH is 3. The van der Waals surface area contributed by atoms with Gasteiger partial charge in [-0.1, -0.05) is 12.1 Å². The molecule has 1 fully saturated rings. The standard InChI is InChI=1S/C22H24N2O9/c1-21(32)7-5-4-6-8(25)9(7)15(26)10-12(21)17(28)13-14(24(2)3)16(27)11(20(23)31)19(30)22(13,33)18(10)29/h4-6,12-14,17,25-28,32-33H,1-3H3,(H2,23,31)/t12-,13-,14+,17+,21-,22+/m1/s1. The van der Waals surface area contributed by atoms with Gasteiger partial charge in [-0.25, -0.2) is 0 Å². The van der Waals surface area contributed by atoms with Crippen molar-refractivity contribution in [2.75, 3.05) is 14.1 Å². The monoisotopic (exact) mass is 460 g/mol. The Morgan fingerprint density at radius 3 is 2.24 bits per heavy atom. The van der Waals surface area contributed by atoms with E-state index in [1.165, 1.54) is 44.1 Å². The van der Waals surface area contributed by atoms with Gasteiger partial charge in [-0.05, 0) is 32.6 Å². The lowest BCUT2D eigenvalue weighted by molar-refractivity contribution is -0.185. The number of phenolic OH excluding ortho intramolecular Hbond substituents is 1. The molecule has 0 radical (unpaired) electrons. The Morgan fingerprint density at radius 2 is 1.70 bits per heavy atom. The van der Waals surface area contributed by atoms with Crippen LogP contribution >= 0.6 is 0 Å². The second kappa shape index (κ2) is 6.87. The smallest absolute Gasteiger partial charge is 0.255 e. The Kier molecular flexibility index (Phi) is 4.78. The molecule has 4 rings (SSSR count). The highest BCUT2D eigenvalue weighted by atomic mass is 16.3. The van der Waals surface area contributed by atoms with Crippen molar-refractivity contribution in [2.24, 2.45) is 17.6 Å². The molecule has 1 saturated carbocycles. The Hall–Kier alpha value is -3.25. The Balaban J connectivity index is 2.09. The van der Waals surface area contributed by atoms with Crippen LogP contribution in [-0.2, 0) is 20.0 Å². The molecule has 0 aromatic heterocycles. The molecule has 6 atom stereocenters. The molecule has 11 nitrogen and oxygen atoms in total. The summed E-state index contributed by atoms with van der Waals surface area (Å²) in [5, 5.41) is 66.2. The molecule has 176 valence electrons. The highest BCUT2D eigenvalue weighted by Crippen LogP contribution is 2.56. The number of carbonyl (C=O) groups excluding carboxylic acids is 3. The zero-order valence-electron chi connectivity index (χ0n) is 18.0. The summed E-state index contributed by atoms with van der Waals surface area (Å²) in [4.78, 5) is 40.1. The van der Waals surface area contributed by atoms with E-state index in [9.17, 15) is 45.0 Å². The molecule has 8 N–H and O–H groups in total. The number of nitrogens with zero attached hydrogens (tertiary/aromatic N) is 1. The summed E-state index contributed by atoms with van der Waals surface area (Å²) in [6.07, 6.45) is -1.87. The zero-order chi connectivity index (χ0) is 24.8. The average Bonchev–Trinajstić information content (AvgIpc) is 2.70. The van der Waals surface area contributed by atoms with Crippen LogP contribution in [0.25, 0.3) is 5.76 Å². The third kappa shape index (κ3) is 2.61. The van der Waals surface area contributed by atoms with Gasteiger partial charge in [0.25, 0.3) is 5.91 Å². The van der Waals surface area contributed by atoms with Crippen LogP contribution in [0, 0.1) is 11.8 Å². The Morgan fingerprint density at radius 1 is 1.09 bits per heavy atom. The van der Waals surface area contributed by atoms with Crippen LogP contribution in [0.2, 0.25) is 0 Å². The predicted molar refractivity (Wildman–Crippen MR) is 112 cm³/mol. The van der Waals surface area contributed by atoms with Crippen LogP contribution in [0.5, 0.6) is 5.75 Å². The largest absolute Gasteiger partial charge is 0.510 e. The summed E-state index contributed by atoms with van der Waals surface area (Å²) in [7, 11) is 2.84. The predicted octanol–water partition coefficient (Wildman–Crippen LogP) is -1.40. The molecule has 1 aromatic carbocycles. The second-order valence-electron chi connectivity index (χ2n) is 9.06. The van der Waals surface area contributed by atoms with E-state index >= 15 is 0 Å². The molecule has 0 heterocycles. The van der Waals surface area contributed by atoms with Crippen LogP contribution in [0.4, 0.5) is 0 Å². The van der Waals surface area contributed by atoms with Gasteiger partial charge >= 0.3 is 0 Å². The molecule has 33 heavy (non-hydrogen) atoms.